The first-order valence-corrected chi connectivity index (χ1v) is 8.03. The fourth-order valence-corrected chi connectivity index (χ4v) is 4.17. The van der Waals surface area contributed by atoms with Crippen LogP contribution in [0.2, 0.25) is 4.34 Å². The molecule has 0 aliphatic carbocycles. The maximum Gasteiger partial charge on any atom is 0.264 e. The third-order valence-electron chi connectivity index (χ3n) is 2.44. The van der Waals surface area contributed by atoms with E-state index in [2.05, 4.69) is 15.9 Å². The molecule has 0 spiro atoms. The summed E-state index contributed by atoms with van der Waals surface area (Å²) < 4.78 is 1.76. The number of rotatable bonds is 3. The molecule has 2 heterocycles. The summed E-state index contributed by atoms with van der Waals surface area (Å²) in [5, 5.41) is 0. The van der Waals surface area contributed by atoms with Crippen LogP contribution in [0.15, 0.2) is 22.0 Å². The summed E-state index contributed by atoms with van der Waals surface area (Å²) in [6, 6.07) is 5.72. The number of aryl methyl sites for hydroxylation is 1. The van der Waals surface area contributed by atoms with E-state index in [9.17, 15) is 4.79 Å². The summed E-state index contributed by atoms with van der Waals surface area (Å²) in [7, 11) is 1.80. The Balaban J connectivity index is 2.09. The lowest BCUT2D eigenvalue weighted by Gasteiger charge is -2.14. The number of carbonyl (C=O) groups is 1. The molecule has 0 saturated heterocycles. The second-order valence-corrected chi connectivity index (χ2v) is 8.10. The number of carbonyl (C=O) groups excluding carboxylic acids is 1. The quantitative estimate of drug-likeness (QED) is 0.765. The van der Waals surface area contributed by atoms with Crippen molar-refractivity contribution in [2.75, 3.05) is 7.05 Å². The van der Waals surface area contributed by atoms with Crippen LogP contribution < -0.4 is 0 Å². The second kappa shape index (κ2) is 5.74. The highest BCUT2D eigenvalue weighted by atomic mass is 79.9. The van der Waals surface area contributed by atoms with E-state index in [1.165, 1.54) is 22.7 Å². The Morgan fingerprint density at radius 3 is 2.67 bits per heavy atom. The van der Waals surface area contributed by atoms with E-state index in [4.69, 9.17) is 11.6 Å². The minimum absolute atomic E-state index is 0.0401. The molecule has 0 N–H and O–H groups in total. The summed E-state index contributed by atoms with van der Waals surface area (Å²) in [5.41, 5.74) is 1.09. The van der Waals surface area contributed by atoms with Crippen LogP contribution in [-0.4, -0.2) is 17.9 Å². The topological polar surface area (TPSA) is 20.3 Å². The van der Waals surface area contributed by atoms with Gasteiger partial charge in [-0.1, -0.05) is 11.6 Å². The molecule has 0 saturated carbocycles. The molecule has 0 aromatic carbocycles. The highest BCUT2D eigenvalue weighted by Crippen LogP contribution is 2.29. The number of hydrogen-bond acceptors (Lipinski definition) is 3. The SMILES string of the molecule is Cc1cc(C(=O)N(C)Cc2ccc(Cl)s2)sc1Br. The van der Waals surface area contributed by atoms with Gasteiger partial charge in [0.2, 0.25) is 0 Å². The largest absolute Gasteiger partial charge is 0.336 e. The standard InChI is InChI=1S/C12H11BrClNOS2/c1-7-5-9(18-11(7)13)12(16)15(2)6-8-3-4-10(14)17-8/h3-5H,6H2,1-2H3. The van der Waals surface area contributed by atoms with Crippen LogP contribution in [0.25, 0.3) is 0 Å². The Morgan fingerprint density at radius 2 is 2.17 bits per heavy atom. The van der Waals surface area contributed by atoms with Gasteiger partial charge in [-0.2, -0.15) is 0 Å². The third-order valence-corrected chi connectivity index (χ3v) is 5.78. The molecule has 18 heavy (non-hydrogen) atoms. The van der Waals surface area contributed by atoms with Crippen LogP contribution >= 0.6 is 50.2 Å². The van der Waals surface area contributed by atoms with Gasteiger partial charge in [-0.05, 0) is 46.6 Å². The van der Waals surface area contributed by atoms with Crippen molar-refractivity contribution in [1.29, 1.82) is 0 Å². The van der Waals surface area contributed by atoms with Crippen LogP contribution in [0.1, 0.15) is 20.1 Å². The van der Waals surface area contributed by atoms with Gasteiger partial charge in [-0.3, -0.25) is 4.79 Å². The van der Waals surface area contributed by atoms with Gasteiger partial charge in [0.1, 0.15) is 0 Å². The van der Waals surface area contributed by atoms with Crippen molar-refractivity contribution in [3.05, 3.63) is 41.6 Å². The Kier molecular flexibility index (Phi) is 4.48. The molecule has 2 nitrogen and oxygen atoms in total. The lowest BCUT2D eigenvalue weighted by Crippen LogP contribution is -2.24. The fraction of sp³-hybridized carbons (Fsp3) is 0.250. The molecule has 0 radical (unpaired) electrons. The van der Waals surface area contributed by atoms with E-state index in [0.29, 0.717) is 6.54 Å². The molecule has 96 valence electrons. The minimum Gasteiger partial charge on any atom is -0.336 e. The Labute approximate surface area is 127 Å². The van der Waals surface area contributed by atoms with E-state index in [1.807, 2.05) is 25.1 Å². The van der Waals surface area contributed by atoms with Crippen LogP contribution in [0.3, 0.4) is 0 Å². The molecule has 2 rings (SSSR count). The summed E-state index contributed by atoms with van der Waals surface area (Å²) in [4.78, 5) is 15.8. The van der Waals surface area contributed by atoms with Crippen LogP contribution in [0, 0.1) is 6.92 Å². The minimum atomic E-state index is 0.0401. The van der Waals surface area contributed by atoms with Gasteiger partial charge >= 0.3 is 0 Å². The van der Waals surface area contributed by atoms with Crippen molar-refractivity contribution in [3.63, 3.8) is 0 Å². The summed E-state index contributed by atoms with van der Waals surface area (Å²) in [6.07, 6.45) is 0. The van der Waals surface area contributed by atoms with Crippen molar-refractivity contribution < 1.29 is 4.79 Å². The molecule has 0 fully saturated rings. The van der Waals surface area contributed by atoms with Crippen molar-refractivity contribution in [2.45, 2.75) is 13.5 Å². The number of halogens is 2. The Morgan fingerprint density at radius 1 is 1.44 bits per heavy atom. The molecule has 2 aromatic heterocycles. The zero-order chi connectivity index (χ0) is 13.3. The monoisotopic (exact) mass is 363 g/mol. The molecule has 0 unspecified atom stereocenters. The van der Waals surface area contributed by atoms with Gasteiger partial charge in [0, 0.05) is 11.9 Å². The molecule has 0 bridgehead atoms. The molecule has 6 heteroatoms. The van der Waals surface area contributed by atoms with Crippen molar-refractivity contribution in [1.82, 2.24) is 4.90 Å². The van der Waals surface area contributed by atoms with Crippen molar-refractivity contribution >= 4 is 56.1 Å². The zero-order valence-corrected chi connectivity index (χ0v) is 13.8. The van der Waals surface area contributed by atoms with Gasteiger partial charge < -0.3 is 4.90 Å². The number of thiophene rings is 2. The van der Waals surface area contributed by atoms with E-state index in [-0.39, 0.29) is 5.91 Å². The first-order chi connectivity index (χ1) is 8.47. The van der Waals surface area contributed by atoms with E-state index >= 15 is 0 Å². The molecule has 2 aromatic rings. The van der Waals surface area contributed by atoms with Crippen LogP contribution in [-0.2, 0) is 6.54 Å². The summed E-state index contributed by atoms with van der Waals surface area (Å²) in [5.74, 6) is 0.0401. The van der Waals surface area contributed by atoms with Gasteiger partial charge in [-0.25, -0.2) is 0 Å². The number of hydrogen-bond donors (Lipinski definition) is 0. The average Bonchev–Trinajstić information content (AvgIpc) is 2.85. The molecule has 0 aliphatic rings. The second-order valence-electron chi connectivity index (χ2n) is 3.93. The molecule has 0 atom stereocenters. The number of amides is 1. The van der Waals surface area contributed by atoms with E-state index in [1.54, 1.807) is 11.9 Å². The zero-order valence-electron chi connectivity index (χ0n) is 9.87. The Hall–Kier alpha value is -0.360. The predicted molar refractivity (Wildman–Crippen MR) is 81.9 cm³/mol. The lowest BCUT2D eigenvalue weighted by atomic mass is 10.3. The maximum atomic E-state index is 12.2. The normalized spacial score (nSPS) is 10.7. The predicted octanol–water partition coefficient (Wildman–Crippen LogP) is 4.81. The van der Waals surface area contributed by atoms with Crippen molar-refractivity contribution in [3.8, 4) is 0 Å². The third kappa shape index (κ3) is 3.15. The van der Waals surface area contributed by atoms with Gasteiger partial charge in [-0.15, -0.1) is 22.7 Å². The maximum absolute atomic E-state index is 12.2. The average molecular weight is 365 g/mol. The smallest absolute Gasteiger partial charge is 0.264 e. The Bertz CT molecular complexity index is 559. The van der Waals surface area contributed by atoms with Gasteiger partial charge in [0.05, 0.1) is 19.5 Å². The van der Waals surface area contributed by atoms with Gasteiger partial charge in [0.15, 0.2) is 0 Å². The number of nitrogens with zero attached hydrogens (tertiary/aromatic N) is 1. The van der Waals surface area contributed by atoms with Crippen LogP contribution in [0.5, 0.6) is 0 Å². The van der Waals surface area contributed by atoms with Crippen LogP contribution in [0.4, 0.5) is 0 Å². The highest BCUT2D eigenvalue weighted by Gasteiger charge is 2.16. The van der Waals surface area contributed by atoms with Crippen molar-refractivity contribution in [2.24, 2.45) is 0 Å². The first-order valence-electron chi connectivity index (χ1n) is 5.23. The van der Waals surface area contributed by atoms with E-state index < -0.39 is 0 Å². The molecule has 0 aliphatic heterocycles. The first kappa shape index (κ1) is 14.1. The molecular formula is C12H11BrClNOS2. The van der Waals surface area contributed by atoms with Gasteiger partial charge in [0.25, 0.3) is 5.91 Å². The highest BCUT2D eigenvalue weighted by molar-refractivity contribution is 9.11. The fourth-order valence-electron chi connectivity index (χ4n) is 1.50. The molecular weight excluding hydrogens is 354 g/mol. The summed E-state index contributed by atoms with van der Waals surface area (Å²) >= 11 is 12.3. The van der Waals surface area contributed by atoms with E-state index in [0.717, 1.165) is 23.4 Å². The lowest BCUT2D eigenvalue weighted by molar-refractivity contribution is 0.0791. The summed E-state index contributed by atoms with van der Waals surface area (Å²) in [6.45, 7) is 2.57. The molecule has 1 amide bonds.